The predicted molar refractivity (Wildman–Crippen MR) is 316 cm³/mol. The Kier molecular flexibility index (Phi) is 10.1. The van der Waals surface area contributed by atoms with Gasteiger partial charge in [0.1, 0.15) is 0 Å². The van der Waals surface area contributed by atoms with Gasteiger partial charge < -0.3 is 9.13 Å². The number of benzene rings is 10. The van der Waals surface area contributed by atoms with Crippen LogP contribution in [0.25, 0.3) is 134 Å². The van der Waals surface area contributed by atoms with Crippen LogP contribution in [0.15, 0.2) is 255 Å². The lowest BCUT2D eigenvalue weighted by Gasteiger charge is -2.22. The number of fused-ring (bicyclic) bond motifs is 9. The molecule has 0 unspecified atom stereocenters. The van der Waals surface area contributed by atoms with E-state index < -0.39 is 0 Å². The molecule has 10 aromatic carbocycles. The average Bonchev–Trinajstić information content (AvgIpc) is 4.16. The second-order valence-corrected chi connectivity index (χ2v) is 20.6. The van der Waals surface area contributed by atoms with Crippen LogP contribution in [0.4, 0.5) is 0 Å². The average molecular weight is 985 g/mol. The highest BCUT2D eigenvalue weighted by molar-refractivity contribution is 6.15. The normalized spacial score (nSPS) is 12.6. The van der Waals surface area contributed by atoms with Gasteiger partial charge in [-0.25, -0.2) is 19.9 Å². The Hall–Kier alpha value is -10.0. The zero-order valence-electron chi connectivity index (χ0n) is 42.4. The highest BCUT2D eigenvalue weighted by atomic mass is 15.0. The monoisotopic (exact) mass is 984 g/mol. The van der Waals surface area contributed by atoms with Gasteiger partial charge >= 0.3 is 0 Å². The molecule has 0 N–H and O–H groups in total. The standard InChI is InChI=1S/C71H48N6/c1-71(2)57-41-67-55(49-31-15-19-35-63(49)76(67)65-37-21-17-33-51(65)69-72-59(45-23-7-3-8-24-45)43-60(73-69)46-25-9-4-10-26-46)39-53(57)54-40-56-50-32-16-20-36-64(50)77(68(56)42-58(54)71)66-38-22-18-34-52(66)70-74-61(47-27-11-5-12-28-47)44-62(75-70)48-29-13-6-14-30-48/h3-44H,1-2H3. The Morgan fingerprint density at radius 3 is 0.948 bits per heavy atom. The lowest BCUT2D eigenvalue weighted by molar-refractivity contribution is 0.661. The summed E-state index contributed by atoms with van der Waals surface area (Å²) in [5, 5.41) is 4.79. The van der Waals surface area contributed by atoms with E-state index >= 15 is 0 Å². The van der Waals surface area contributed by atoms with E-state index in [9.17, 15) is 0 Å². The summed E-state index contributed by atoms with van der Waals surface area (Å²) in [4.78, 5) is 21.3. The van der Waals surface area contributed by atoms with Gasteiger partial charge in [0.25, 0.3) is 0 Å². The second kappa shape index (κ2) is 17.5. The van der Waals surface area contributed by atoms with Crippen molar-refractivity contribution in [2.24, 2.45) is 0 Å². The van der Waals surface area contributed by atoms with Crippen molar-refractivity contribution in [1.82, 2.24) is 29.1 Å². The number of hydrogen-bond donors (Lipinski definition) is 0. The Morgan fingerprint density at radius 2 is 0.584 bits per heavy atom. The van der Waals surface area contributed by atoms with Gasteiger partial charge in [0.05, 0.1) is 56.2 Å². The SMILES string of the molecule is CC1(C)c2cc3c(cc2-c2cc4c5ccccc5n(-c5ccccc5-c5nc(-c6ccccc6)cc(-c6ccccc6)n5)c4cc21)c1ccccc1n3-c1ccccc1-c1nc(-c2ccccc2)cc(-c2ccccc2)n1. The molecule has 0 saturated heterocycles. The molecular formula is C71H48N6. The van der Waals surface area contributed by atoms with Crippen LogP contribution in [-0.4, -0.2) is 29.1 Å². The van der Waals surface area contributed by atoms with Crippen LogP contribution in [-0.2, 0) is 5.41 Å². The lowest BCUT2D eigenvalue weighted by atomic mass is 9.82. The molecule has 0 atom stereocenters. The minimum absolute atomic E-state index is 0.357. The van der Waals surface area contributed by atoms with Crippen LogP contribution >= 0.6 is 0 Å². The van der Waals surface area contributed by atoms with Crippen LogP contribution in [0.5, 0.6) is 0 Å². The van der Waals surface area contributed by atoms with E-state index in [4.69, 9.17) is 19.9 Å². The van der Waals surface area contributed by atoms with Crippen molar-refractivity contribution in [3.8, 4) is 90.3 Å². The maximum absolute atomic E-state index is 5.33. The maximum atomic E-state index is 5.33. The largest absolute Gasteiger partial charge is 0.308 e. The molecule has 4 heterocycles. The smallest absolute Gasteiger partial charge is 0.162 e. The molecule has 0 saturated carbocycles. The van der Waals surface area contributed by atoms with Gasteiger partial charge in [0.2, 0.25) is 0 Å². The quantitative estimate of drug-likeness (QED) is 0.152. The second-order valence-electron chi connectivity index (χ2n) is 20.6. The summed E-state index contributed by atoms with van der Waals surface area (Å²) >= 11 is 0. The van der Waals surface area contributed by atoms with E-state index in [1.807, 2.05) is 24.3 Å². The van der Waals surface area contributed by atoms with Crippen molar-refractivity contribution in [3.63, 3.8) is 0 Å². The molecule has 6 heteroatoms. The molecule has 1 aliphatic rings. The highest BCUT2D eigenvalue weighted by Crippen LogP contribution is 2.53. The first-order chi connectivity index (χ1) is 37.9. The molecule has 0 aliphatic heterocycles. The van der Waals surface area contributed by atoms with Crippen molar-refractivity contribution < 1.29 is 0 Å². The van der Waals surface area contributed by atoms with E-state index in [2.05, 4.69) is 254 Å². The number of rotatable bonds is 8. The minimum atomic E-state index is -0.357. The van der Waals surface area contributed by atoms with Gasteiger partial charge in [-0.3, -0.25) is 0 Å². The zero-order valence-corrected chi connectivity index (χ0v) is 42.4. The molecule has 362 valence electrons. The zero-order chi connectivity index (χ0) is 51.2. The summed E-state index contributed by atoms with van der Waals surface area (Å²) in [5.41, 5.74) is 20.9. The first kappa shape index (κ1) is 44.4. The fourth-order valence-corrected chi connectivity index (χ4v) is 12.1. The Bertz CT molecular complexity index is 4220. The molecule has 0 radical (unpaired) electrons. The molecule has 0 spiro atoms. The summed E-state index contributed by atoms with van der Waals surface area (Å²) in [5.74, 6) is 1.35. The molecule has 77 heavy (non-hydrogen) atoms. The van der Waals surface area contributed by atoms with Gasteiger partial charge in [-0.15, -0.1) is 0 Å². The summed E-state index contributed by atoms with van der Waals surface area (Å²) in [6.07, 6.45) is 0. The van der Waals surface area contributed by atoms with Gasteiger partial charge in [-0.05, 0) is 95.1 Å². The molecule has 6 nitrogen and oxygen atoms in total. The third-order valence-corrected chi connectivity index (χ3v) is 15.8. The molecule has 14 aromatic rings. The molecule has 0 bridgehead atoms. The van der Waals surface area contributed by atoms with Crippen LogP contribution in [0.1, 0.15) is 25.0 Å². The lowest BCUT2D eigenvalue weighted by Crippen LogP contribution is -2.15. The fraction of sp³-hybridized carbons (Fsp3) is 0.0423. The van der Waals surface area contributed by atoms with E-state index in [1.165, 1.54) is 43.8 Å². The van der Waals surface area contributed by atoms with Gasteiger partial charge in [0, 0.05) is 60.3 Å². The van der Waals surface area contributed by atoms with Crippen molar-refractivity contribution in [2.75, 3.05) is 0 Å². The van der Waals surface area contributed by atoms with E-state index in [1.54, 1.807) is 0 Å². The third kappa shape index (κ3) is 7.17. The Labute approximate surface area is 445 Å². The molecule has 4 aromatic heterocycles. The van der Waals surface area contributed by atoms with Crippen molar-refractivity contribution in [1.29, 1.82) is 0 Å². The summed E-state index contributed by atoms with van der Waals surface area (Å²) in [6.45, 7) is 4.78. The number of hydrogen-bond acceptors (Lipinski definition) is 4. The third-order valence-electron chi connectivity index (χ3n) is 15.8. The van der Waals surface area contributed by atoms with Crippen molar-refractivity contribution in [3.05, 3.63) is 266 Å². The summed E-state index contributed by atoms with van der Waals surface area (Å²) in [6, 6.07) is 90.5. The van der Waals surface area contributed by atoms with Crippen molar-refractivity contribution in [2.45, 2.75) is 19.3 Å². The van der Waals surface area contributed by atoms with Crippen LogP contribution in [0.3, 0.4) is 0 Å². The molecule has 15 rings (SSSR count). The van der Waals surface area contributed by atoms with E-state index in [0.717, 1.165) is 89.6 Å². The van der Waals surface area contributed by atoms with Gasteiger partial charge in [0.15, 0.2) is 11.6 Å². The fourth-order valence-electron chi connectivity index (χ4n) is 12.1. The highest BCUT2D eigenvalue weighted by Gasteiger charge is 2.38. The van der Waals surface area contributed by atoms with Gasteiger partial charge in [-0.1, -0.05) is 196 Å². The van der Waals surface area contributed by atoms with Crippen LogP contribution < -0.4 is 0 Å². The molecular weight excluding hydrogens is 937 g/mol. The minimum Gasteiger partial charge on any atom is -0.308 e. The summed E-state index contributed by atoms with van der Waals surface area (Å²) < 4.78 is 4.88. The van der Waals surface area contributed by atoms with E-state index in [-0.39, 0.29) is 5.41 Å². The van der Waals surface area contributed by atoms with Crippen molar-refractivity contribution >= 4 is 43.6 Å². The topological polar surface area (TPSA) is 61.4 Å². The molecule has 0 amide bonds. The molecule has 0 fully saturated rings. The van der Waals surface area contributed by atoms with Gasteiger partial charge in [-0.2, -0.15) is 0 Å². The van der Waals surface area contributed by atoms with Crippen LogP contribution in [0, 0.1) is 0 Å². The predicted octanol–water partition coefficient (Wildman–Crippen LogP) is 17.8. The Balaban J connectivity index is 0.918. The Morgan fingerprint density at radius 1 is 0.273 bits per heavy atom. The number of aromatic nitrogens is 6. The van der Waals surface area contributed by atoms with Crippen LogP contribution in [0.2, 0.25) is 0 Å². The number of nitrogens with zero attached hydrogens (tertiary/aromatic N) is 6. The van der Waals surface area contributed by atoms with E-state index in [0.29, 0.717) is 11.6 Å². The first-order valence-corrected chi connectivity index (χ1v) is 26.3. The first-order valence-electron chi connectivity index (χ1n) is 26.3. The number of para-hydroxylation sites is 4. The maximum Gasteiger partial charge on any atom is 0.162 e. The molecule has 1 aliphatic carbocycles. The summed E-state index contributed by atoms with van der Waals surface area (Å²) in [7, 11) is 0.